The number of likely N-dealkylation sites (N-methyl/N-ethyl adjacent to an activating group) is 2. The molecule has 2 N–H and O–H groups in total. The molecule has 1 atom stereocenters. The van der Waals surface area contributed by atoms with Crippen molar-refractivity contribution in [3.05, 3.63) is 0 Å². The average molecular weight is 102 g/mol. The molecule has 7 heavy (non-hydrogen) atoms. The standard InChI is InChI=1S/C5H14N2/c1-5(7-3)4-6-2/h5-7H,4H2,1-3H3/t5-/m0/s1. The molecule has 0 aliphatic heterocycles. The molecular formula is C5H14N2. The van der Waals surface area contributed by atoms with Gasteiger partial charge >= 0.3 is 0 Å². The lowest BCUT2D eigenvalue weighted by molar-refractivity contribution is 0.573. The highest BCUT2D eigenvalue weighted by atomic mass is 14.9. The molecule has 0 rings (SSSR count). The van der Waals surface area contributed by atoms with Crippen molar-refractivity contribution in [2.75, 3.05) is 20.6 Å². The lowest BCUT2D eigenvalue weighted by atomic mass is 10.3. The van der Waals surface area contributed by atoms with Crippen LogP contribution in [0.4, 0.5) is 0 Å². The van der Waals surface area contributed by atoms with E-state index in [0.29, 0.717) is 6.04 Å². The molecule has 0 aliphatic rings. The second-order valence-electron chi connectivity index (χ2n) is 1.75. The van der Waals surface area contributed by atoms with Gasteiger partial charge in [0.2, 0.25) is 0 Å². The molecule has 44 valence electrons. The van der Waals surface area contributed by atoms with Crippen molar-refractivity contribution in [2.45, 2.75) is 13.0 Å². The second-order valence-corrected chi connectivity index (χ2v) is 1.75. The first kappa shape index (κ1) is 6.92. The van der Waals surface area contributed by atoms with Gasteiger partial charge in [0, 0.05) is 12.6 Å². The zero-order valence-electron chi connectivity index (χ0n) is 5.28. The quantitative estimate of drug-likeness (QED) is 0.516. The van der Waals surface area contributed by atoms with Gasteiger partial charge in [-0.1, -0.05) is 0 Å². The summed E-state index contributed by atoms with van der Waals surface area (Å²) < 4.78 is 0. The highest BCUT2D eigenvalue weighted by molar-refractivity contribution is 4.56. The van der Waals surface area contributed by atoms with Crippen LogP contribution in [0.5, 0.6) is 0 Å². The van der Waals surface area contributed by atoms with Gasteiger partial charge < -0.3 is 10.6 Å². The topological polar surface area (TPSA) is 24.1 Å². The molecule has 0 heterocycles. The summed E-state index contributed by atoms with van der Waals surface area (Å²) in [6.45, 7) is 3.17. The highest BCUT2D eigenvalue weighted by Gasteiger charge is 1.90. The molecule has 0 amide bonds. The summed E-state index contributed by atoms with van der Waals surface area (Å²) in [4.78, 5) is 0. The maximum atomic E-state index is 3.10. The van der Waals surface area contributed by atoms with E-state index < -0.39 is 0 Å². The lowest BCUT2D eigenvalue weighted by Gasteiger charge is -2.06. The molecule has 0 aromatic rings. The van der Waals surface area contributed by atoms with Gasteiger partial charge in [-0.3, -0.25) is 0 Å². The Morgan fingerprint density at radius 1 is 1.43 bits per heavy atom. The number of nitrogens with one attached hydrogen (secondary N) is 2. The van der Waals surface area contributed by atoms with E-state index in [4.69, 9.17) is 0 Å². The molecule has 0 saturated heterocycles. The minimum Gasteiger partial charge on any atom is -0.318 e. The normalized spacial score (nSPS) is 14.1. The van der Waals surface area contributed by atoms with Crippen LogP contribution in [0.25, 0.3) is 0 Å². The van der Waals surface area contributed by atoms with E-state index in [1.54, 1.807) is 0 Å². The van der Waals surface area contributed by atoms with E-state index in [2.05, 4.69) is 17.6 Å². The Labute approximate surface area is 45.3 Å². The van der Waals surface area contributed by atoms with E-state index in [-0.39, 0.29) is 0 Å². The molecule has 0 bridgehead atoms. The van der Waals surface area contributed by atoms with Crippen LogP contribution in [0.3, 0.4) is 0 Å². The first-order valence-electron chi connectivity index (χ1n) is 2.63. The van der Waals surface area contributed by atoms with E-state index in [9.17, 15) is 0 Å². The van der Waals surface area contributed by atoms with Crippen molar-refractivity contribution in [1.29, 1.82) is 0 Å². The van der Waals surface area contributed by atoms with Crippen LogP contribution in [0.1, 0.15) is 6.92 Å². The van der Waals surface area contributed by atoms with Gasteiger partial charge in [-0.2, -0.15) is 0 Å². The summed E-state index contributed by atoms with van der Waals surface area (Å²) in [5.41, 5.74) is 0. The van der Waals surface area contributed by atoms with Crippen LogP contribution in [0, 0.1) is 0 Å². The Morgan fingerprint density at radius 2 is 2.00 bits per heavy atom. The van der Waals surface area contributed by atoms with Gasteiger partial charge in [0.25, 0.3) is 0 Å². The third-order valence-corrected chi connectivity index (χ3v) is 1.00. The molecule has 0 spiro atoms. The first-order valence-corrected chi connectivity index (χ1v) is 2.63. The van der Waals surface area contributed by atoms with E-state index in [1.165, 1.54) is 0 Å². The van der Waals surface area contributed by atoms with Crippen LogP contribution in [-0.2, 0) is 0 Å². The summed E-state index contributed by atoms with van der Waals surface area (Å²) in [5.74, 6) is 0. The predicted molar refractivity (Wildman–Crippen MR) is 32.4 cm³/mol. The molecule has 0 unspecified atom stereocenters. The Balaban J connectivity index is 2.83. The molecule has 0 saturated carbocycles. The molecule has 0 radical (unpaired) electrons. The van der Waals surface area contributed by atoms with Crippen molar-refractivity contribution >= 4 is 0 Å². The first-order chi connectivity index (χ1) is 3.31. The molecule has 0 fully saturated rings. The van der Waals surface area contributed by atoms with Gasteiger partial charge in [0.15, 0.2) is 0 Å². The molecule has 0 aromatic carbocycles. The summed E-state index contributed by atoms with van der Waals surface area (Å²) in [6, 6.07) is 0.588. The summed E-state index contributed by atoms with van der Waals surface area (Å²) in [5, 5.41) is 6.16. The largest absolute Gasteiger partial charge is 0.318 e. The third kappa shape index (κ3) is 3.76. The monoisotopic (exact) mass is 102 g/mol. The Hall–Kier alpha value is -0.0800. The van der Waals surface area contributed by atoms with Crippen LogP contribution in [0.15, 0.2) is 0 Å². The lowest BCUT2D eigenvalue weighted by Crippen LogP contribution is -2.31. The fourth-order valence-corrected chi connectivity index (χ4v) is 0.408. The average Bonchev–Trinajstić information content (AvgIpc) is 1.68. The predicted octanol–water partition coefficient (Wildman–Crippen LogP) is -0.186. The second kappa shape index (κ2) is 4.09. The van der Waals surface area contributed by atoms with Gasteiger partial charge in [-0.25, -0.2) is 0 Å². The molecular weight excluding hydrogens is 88.1 g/mol. The van der Waals surface area contributed by atoms with Crippen LogP contribution in [0.2, 0.25) is 0 Å². The fourth-order valence-electron chi connectivity index (χ4n) is 0.408. The van der Waals surface area contributed by atoms with Crippen molar-refractivity contribution in [3.8, 4) is 0 Å². The van der Waals surface area contributed by atoms with Crippen LogP contribution >= 0.6 is 0 Å². The van der Waals surface area contributed by atoms with Gasteiger partial charge in [-0.15, -0.1) is 0 Å². The van der Waals surface area contributed by atoms with Gasteiger partial charge in [0.05, 0.1) is 0 Å². The smallest absolute Gasteiger partial charge is 0.0161 e. The van der Waals surface area contributed by atoms with E-state index in [1.807, 2.05) is 14.1 Å². The van der Waals surface area contributed by atoms with Gasteiger partial charge in [0.1, 0.15) is 0 Å². The van der Waals surface area contributed by atoms with Crippen molar-refractivity contribution in [3.63, 3.8) is 0 Å². The van der Waals surface area contributed by atoms with Crippen molar-refractivity contribution < 1.29 is 0 Å². The van der Waals surface area contributed by atoms with Gasteiger partial charge in [-0.05, 0) is 21.0 Å². The number of hydrogen-bond acceptors (Lipinski definition) is 2. The number of hydrogen-bond donors (Lipinski definition) is 2. The zero-order valence-corrected chi connectivity index (χ0v) is 5.28. The third-order valence-electron chi connectivity index (χ3n) is 1.00. The molecule has 0 aromatic heterocycles. The molecule has 2 nitrogen and oxygen atoms in total. The van der Waals surface area contributed by atoms with Crippen LogP contribution < -0.4 is 10.6 Å². The zero-order chi connectivity index (χ0) is 5.70. The Morgan fingerprint density at radius 3 is 2.14 bits per heavy atom. The highest BCUT2D eigenvalue weighted by Crippen LogP contribution is 1.70. The number of rotatable bonds is 3. The van der Waals surface area contributed by atoms with Crippen LogP contribution in [-0.4, -0.2) is 26.7 Å². The molecule has 0 aliphatic carbocycles. The SMILES string of the molecule is CNC[C@H](C)NC. The van der Waals surface area contributed by atoms with E-state index in [0.717, 1.165) is 6.54 Å². The Kier molecular flexibility index (Phi) is 4.04. The summed E-state index contributed by atoms with van der Waals surface area (Å²) in [7, 11) is 3.91. The summed E-state index contributed by atoms with van der Waals surface area (Å²) in [6.07, 6.45) is 0. The minimum atomic E-state index is 0.588. The minimum absolute atomic E-state index is 0.588. The fraction of sp³-hybridized carbons (Fsp3) is 1.00. The maximum Gasteiger partial charge on any atom is 0.0161 e. The van der Waals surface area contributed by atoms with Crippen molar-refractivity contribution in [1.82, 2.24) is 10.6 Å². The molecule has 2 heteroatoms. The Bertz CT molecular complexity index is 37.1. The summed E-state index contributed by atoms with van der Waals surface area (Å²) >= 11 is 0. The van der Waals surface area contributed by atoms with E-state index >= 15 is 0 Å². The van der Waals surface area contributed by atoms with Crippen molar-refractivity contribution in [2.24, 2.45) is 0 Å². The maximum absolute atomic E-state index is 3.10.